The van der Waals surface area contributed by atoms with Crippen LogP contribution < -0.4 is 0 Å². The number of hydrogen-bond donors (Lipinski definition) is 0. The fourth-order valence-electron chi connectivity index (χ4n) is 1.66. The maximum Gasteiger partial charge on any atom is 0.114 e. The van der Waals surface area contributed by atoms with Gasteiger partial charge in [-0.25, -0.2) is 0 Å². The van der Waals surface area contributed by atoms with Gasteiger partial charge in [0.25, 0.3) is 0 Å². The SMILES string of the molecule is C[Si](C)(C)Sc1ccccc1N=Cc1ccccc1. The van der Waals surface area contributed by atoms with Crippen LogP contribution in [0.5, 0.6) is 0 Å². The van der Waals surface area contributed by atoms with E-state index < -0.39 is 7.22 Å². The van der Waals surface area contributed by atoms with Crippen LogP contribution >= 0.6 is 11.2 Å². The second-order valence-corrected chi connectivity index (χ2v) is 14.5. The van der Waals surface area contributed by atoms with E-state index in [0.717, 1.165) is 11.3 Å². The van der Waals surface area contributed by atoms with E-state index in [9.17, 15) is 0 Å². The summed E-state index contributed by atoms with van der Waals surface area (Å²) in [6.07, 6.45) is 1.93. The predicted octanol–water partition coefficient (Wildman–Crippen LogP) is 5.36. The second kappa shape index (κ2) is 6.22. The standard InChI is InChI=1S/C16H19NSSi/c1-19(2,3)18-16-12-8-7-11-15(16)17-13-14-9-5-4-6-10-14/h4-13H,1-3H3. The summed E-state index contributed by atoms with van der Waals surface area (Å²) >= 11 is 1.99. The van der Waals surface area contributed by atoms with Gasteiger partial charge >= 0.3 is 0 Å². The Labute approximate surface area is 120 Å². The van der Waals surface area contributed by atoms with Crippen molar-refractivity contribution < 1.29 is 0 Å². The molecule has 2 rings (SSSR count). The van der Waals surface area contributed by atoms with E-state index >= 15 is 0 Å². The highest BCUT2D eigenvalue weighted by Crippen LogP contribution is 2.35. The lowest BCUT2D eigenvalue weighted by atomic mass is 10.2. The van der Waals surface area contributed by atoms with Crippen LogP contribution in [0.15, 0.2) is 64.5 Å². The summed E-state index contributed by atoms with van der Waals surface area (Å²) in [5.41, 5.74) is 2.20. The number of hydrogen-bond acceptors (Lipinski definition) is 2. The Morgan fingerprint density at radius 1 is 0.895 bits per heavy atom. The molecule has 0 unspecified atom stereocenters. The molecule has 0 atom stereocenters. The molecule has 0 heterocycles. The molecule has 0 spiro atoms. The third kappa shape index (κ3) is 4.69. The number of nitrogens with zero attached hydrogens (tertiary/aromatic N) is 1. The lowest BCUT2D eigenvalue weighted by molar-refractivity contribution is 1.38. The summed E-state index contributed by atoms with van der Waals surface area (Å²) in [7, 11) is -1.19. The summed E-state index contributed by atoms with van der Waals surface area (Å²) in [5, 5.41) is 0. The van der Waals surface area contributed by atoms with E-state index in [2.05, 4.69) is 55.0 Å². The van der Waals surface area contributed by atoms with Gasteiger partial charge in [0.15, 0.2) is 0 Å². The van der Waals surface area contributed by atoms with Gasteiger partial charge in [0.05, 0.1) is 5.69 Å². The molecule has 0 radical (unpaired) electrons. The summed E-state index contributed by atoms with van der Waals surface area (Å²) in [6.45, 7) is 7.07. The minimum absolute atomic E-state index is 1.07. The fourth-order valence-corrected chi connectivity index (χ4v) is 5.19. The molecule has 0 bridgehead atoms. The number of rotatable bonds is 4. The zero-order chi connectivity index (χ0) is 13.7. The van der Waals surface area contributed by atoms with Crippen molar-refractivity contribution in [1.29, 1.82) is 0 Å². The summed E-state index contributed by atoms with van der Waals surface area (Å²) in [6, 6.07) is 18.6. The van der Waals surface area contributed by atoms with Crippen LogP contribution in [-0.2, 0) is 0 Å². The van der Waals surface area contributed by atoms with E-state index in [1.807, 2.05) is 41.7 Å². The molecule has 0 saturated heterocycles. The Bertz CT molecular complexity index is 558. The normalized spacial score (nSPS) is 11.9. The maximum absolute atomic E-state index is 4.64. The van der Waals surface area contributed by atoms with Gasteiger partial charge in [0, 0.05) is 11.1 Å². The monoisotopic (exact) mass is 285 g/mol. The van der Waals surface area contributed by atoms with Crippen LogP contribution in [0.3, 0.4) is 0 Å². The predicted molar refractivity (Wildman–Crippen MR) is 89.3 cm³/mol. The van der Waals surface area contributed by atoms with Gasteiger partial charge in [-0.1, -0.05) is 62.1 Å². The van der Waals surface area contributed by atoms with E-state index in [1.165, 1.54) is 4.90 Å². The first-order valence-corrected chi connectivity index (χ1v) is 11.5. The molecule has 0 aliphatic heterocycles. The Kier molecular flexibility index (Phi) is 4.61. The molecule has 0 saturated carbocycles. The molecule has 0 aliphatic carbocycles. The molecule has 0 aromatic heterocycles. The third-order valence-electron chi connectivity index (χ3n) is 2.43. The number of benzene rings is 2. The third-order valence-corrected chi connectivity index (χ3v) is 6.11. The Balaban J connectivity index is 2.23. The van der Waals surface area contributed by atoms with Crippen molar-refractivity contribution in [2.75, 3.05) is 0 Å². The summed E-state index contributed by atoms with van der Waals surface area (Å²) in [5.74, 6) is 0. The highest BCUT2D eigenvalue weighted by Gasteiger charge is 2.16. The highest BCUT2D eigenvalue weighted by atomic mass is 32.4. The van der Waals surface area contributed by atoms with Gasteiger partial charge in [-0.05, 0) is 17.7 Å². The summed E-state index contributed by atoms with van der Waals surface area (Å²) < 4.78 is 0. The smallest absolute Gasteiger partial charge is 0.114 e. The fraction of sp³-hybridized carbons (Fsp3) is 0.188. The molecule has 0 amide bonds. The molecule has 98 valence electrons. The van der Waals surface area contributed by atoms with E-state index in [-0.39, 0.29) is 0 Å². The summed E-state index contributed by atoms with van der Waals surface area (Å²) in [4.78, 5) is 5.92. The van der Waals surface area contributed by atoms with Gasteiger partial charge in [-0.3, -0.25) is 4.99 Å². The minimum Gasteiger partial charge on any atom is -0.255 e. The zero-order valence-electron chi connectivity index (χ0n) is 11.6. The van der Waals surface area contributed by atoms with Crippen LogP contribution in [0.4, 0.5) is 5.69 Å². The first-order valence-electron chi connectivity index (χ1n) is 6.42. The van der Waals surface area contributed by atoms with Crippen LogP contribution in [0, 0.1) is 0 Å². The van der Waals surface area contributed by atoms with Crippen LogP contribution in [0.2, 0.25) is 19.6 Å². The molecule has 0 fully saturated rings. The Morgan fingerprint density at radius 2 is 1.53 bits per heavy atom. The average molecular weight is 285 g/mol. The van der Waals surface area contributed by atoms with Crippen molar-refractivity contribution in [3.8, 4) is 0 Å². The largest absolute Gasteiger partial charge is 0.255 e. The average Bonchev–Trinajstić information content (AvgIpc) is 2.37. The van der Waals surface area contributed by atoms with Gasteiger partial charge in [0.2, 0.25) is 0 Å². The van der Waals surface area contributed by atoms with Crippen molar-refractivity contribution in [3.05, 3.63) is 60.2 Å². The van der Waals surface area contributed by atoms with Crippen LogP contribution in [-0.4, -0.2) is 13.4 Å². The van der Waals surface area contributed by atoms with Gasteiger partial charge < -0.3 is 0 Å². The Morgan fingerprint density at radius 3 is 2.21 bits per heavy atom. The Hall–Kier alpha value is -1.32. The molecular weight excluding hydrogens is 266 g/mol. The molecule has 0 aliphatic rings. The molecule has 19 heavy (non-hydrogen) atoms. The quantitative estimate of drug-likeness (QED) is 0.544. The number of para-hydroxylation sites is 1. The first kappa shape index (κ1) is 14.1. The van der Waals surface area contributed by atoms with Crippen LogP contribution in [0.1, 0.15) is 5.56 Å². The van der Waals surface area contributed by atoms with E-state index in [1.54, 1.807) is 0 Å². The van der Waals surface area contributed by atoms with Crippen molar-refractivity contribution in [2.24, 2.45) is 4.99 Å². The lowest BCUT2D eigenvalue weighted by Crippen LogP contribution is -2.13. The zero-order valence-corrected chi connectivity index (χ0v) is 13.4. The second-order valence-electron chi connectivity index (χ2n) is 5.35. The van der Waals surface area contributed by atoms with Gasteiger partial charge in [-0.2, -0.15) is 0 Å². The minimum atomic E-state index is -1.19. The van der Waals surface area contributed by atoms with Gasteiger partial charge in [0.1, 0.15) is 7.22 Å². The van der Waals surface area contributed by atoms with E-state index in [4.69, 9.17) is 0 Å². The van der Waals surface area contributed by atoms with E-state index in [0.29, 0.717) is 0 Å². The maximum atomic E-state index is 4.64. The first-order chi connectivity index (χ1) is 9.04. The molecule has 3 heteroatoms. The van der Waals surface area contributed by atoms with Gasteiger partial charge in [-0.15, -0.1) is 11.2 Å². The van der Waals surface area contributed by atoms with Crippen molar-refractivity contribution in [1.82, 2.24) is 0 Å². The highest BCUT2D eigenvalue weighted by molar-refractivity contribution is 8.28. The molecule has 1 nitrogen and oxygen atoms in total. The number of aliphatic imine (C=N–C) groups is 1. The molecule has 2 aromatic carbocycles. The molecule has 2 aromatic rings. The molecule has 0 N–H and O–H groups in total. The van der Waals surface area contributed by atoms with Crippen molar-refractivity contribution in [3.63, 3.8) is 0 Å². The van der Waals surface area contributed by atoms with Crippen LogP contribution in [0.25, 0.3) is 0 Å². The lowest BCUT2D eigenvalue weighted by Gasteiger charge is -2.16. The van der Waals surface area contributed by atoms with Crippen molar-refractivity contribution >= 4 is 30.3 Å². The molecular formula is C16H19NSSi. The topological polar surface area (TPSA) is 12.4 Å². The van der Waals surface area contributed by atoms with Crippen molar-refractivity contribution in [2.45, 2.75) is 24.5 Å².